The van der Waals surface area contributed by atoms with Crippen LogP contribution >= 0.6 is 23.2 Å². The average molecular weight is 652 g/mol. The molecule has 4 aromatic rings. The molecule has 5 rings (SSSR count). The Balaban J connectivity index is 1.48. The number of halogens is 2. The minimum Gasteiger partial charge on any atom is -0.462 e. The lowest BCUT2D eigenvalue weighted by molar-refractivity contribution is -0.138. The number of hydrogen-bond acceptors (Lipinski definition) is 6. The van der Waals surface area contributed by atoms with Crippen LogP contribution in [0.3, 0.4) is 0 Å². The van der Waals surface area contributed by atoms with Crippen molar-refractivity contribution >= 4 is 56.9 Å². The summed E-state index contributed by atoms with van der Waals surface area (Å²) >= 11 is 12.1. The Morgan fingerprint density at radius 2 is 1.55 bits per heavy atom. The van der Waals surface area contributed by atoms with Crippen molar-refractivity contribution in [1.29, 1.82) is 0 Å². The zero-order valence-electron chi connectivity index (χ0n) is 23.9. The lowest BCUT2D eigenvalue weighted by Gasteiger charge is -2.21. The van der Waals surface area contributed by atoms with E-state index >= 15 is 0 Å². The average Bonchev–Trinajstić information content (AvgIpc) is 3.55. The van der Waals surface area contributed by atoms with Gasteiger partial charge in [0.15, 0.2) is 0 Å². The van der Waals surface area contributed by atoms with Gasteiger partial charge in [0, 0.05) is 28.0 Å². The van der Waals surface area contributed by atoms with Gasteiger partial charge in [0.05, 0.1) is 29.2 Å². The first kappa shape index (κ1) is 31.3. The van der Waals surface area contributed by atoms with Crippen LogP contribution in [0.15, 0.2) is 117 Å². The number of carbonyl (C=O) groups is 2. The van der Waals surface area contributed by atoms with Crippen LogP contribution in [0.5, 0.6) is 0 Å². The van der Waals surface area contributed by atoms with E-state index < -0.39 is 21.9 Å². The van der Waals surface area contributed by atoms with E-state index in [-0.39, 0.29) is 41.5 Å². The summed E-state index contributed by atoms with van der Waals surface area (Å²) in [6.07, 6.45) is 1.47. The van der Waals surface area contributed by atoms with Crippen molar-refractivity contribution in [2.24, 2.45) is 0 Å². The maximum absolute atomic E-state index is 13.7. The van der Waals surface area contributed by atoms with Gasteiger partial charge in [0.2, 0.25) is 10.0 Å². The quantitative estimate of drug-likeness (QED) is 0.133. The van der Waals surface area contributed by atoms with Crippen molar-refractivity contribution in [3.63, 3.8) is 0 Å². The topological polar surface area (TPSA) is 97.1 Å². The van der Waals surface area contributed by atoms with Gasteiger partial charge >= 0.3 is 5.97 Å². The van der Waals surface area contributed by atoms with Gasteiger partial charge in [-0.25, -0.2) is 13.2 Å². The number of nitrogens with zero attached hydrogens (tertiary/aromatic N) is 2. The molecule has 1 amide bonds. The van der Waals surface area contributed by atoms with Crippen molar-refractivity contribution in [2.45, 2.75) is 31.8 Å². The third-order valence-electron chi connectivity index (χ3n) is 6.92. The SMILES string of the molecule is CCOC(=O)C1=C(C)N(c2ccc(Cl)cc2)C(=O)/C1=C/c1ccc(CN(Cc2ccc(Cl)cc2)S(=O)(=O)c2ccccc2)o1. The lowest BCUT2D eigenvalue weighted by Crippen LogP contribution is -2.30. The zero-order chi connectivity index (χ0) is 31.4. The van der Waals surface area contributed by atoms with Crippen LogP contribution in [0.2, 0.25) is 10.0 Å². The standard InChI is InChI=1S/C33H28Cl2N2O6S/c1-3-42-33(39)31-22(2)37(26-15-13-25(35)14-16-26)32(38)30(31)19-27-17-18-28(43-27)21-36(20-23-9-11-24(34)12-10-23)44(40,41)29-7-5-4-6-8-29/h4-19H,3,20-21H2,1-2H3/b30-19+. The second kappa shape index (κ2) is 13.2. The summed E-state index contributed by atoms with van der Waals surface area (Å²) in [6.45, 7) is 3.45. The third kappa shape index (κ3) is 6.66. The fourth-order valence-corrected chi connectivity index (χ4v) is 6.48. The highest BCUT2D eigenvalue weighted by Crippen LogP contribution is 2.36. The highest BCUT2D eigenvalue weighted by Gasteiger charge is 2.38. The summed E-state index contributed by atoms with van der Waals surface area (Å²) < 4.78 is 39.9. The molecular formula is C33H28Cl2N2O6S. The molecule has 1 aromatic heterocycles. The Kier molecular flexibility index (Phi) is 9.41. The van der Waals surface area contributed by atoms with Crippen molar-refractivity contribution < 1.29 is 27.2 Å². The number of sulfonamides is 1. The molecule has 0 N–H and O–H groups in total. The van der Waals surface area contributed by atoms with E-state index in [0.717, 1.165) is 5.56 Å². The van der Waals surface area contributed by atoms with E-state index in [1.165, 1.54) is 27.4 Å². The number of amides is 1. The molecule has 0 spiro atoms. The van der Waals surface area contributed by atoms with Gasteiger partial charge < -0.3 is 9.15 Å². The molecule has 0 bridgehead atoms. The van der Waals surface area contributed by atoms with Gasteiger partial charge in [-0.2, -0.15) is 4.31 Å². The van der Waals surface area contributed by atoms with Crippen LogP contribution < -0.4 is 4.90 Å². The first-order valence-corrected chi connectivity index (χ1v) is 15.9. The predicted molar refractivity (Wildman–Crippen MR) is 169 cm³/mol. The molecule has 0 radical (unpaired) electrons. The minimum absolute atomic E-state index is 0.0645. The summed E-state index contributed by atoms with van der Waals surface area (Å²) in [5.74, 6) is -0.485. The lowest BCUT2D eigenvalue weighted by atomic mass is 10.1. The van der Waals surface area contributed by atoms with Gasteiger partial charge in [-0.05, 0) is 86.2 Å². The van der Waals surface area contributed by atoms with Gasteiger partial charge in [-0.3, -0.25) is 9.69 Å². The largest absolute Gasteiger partial charge is 0.462 e. The van der Waals surface area contributed by atoms with Crippen LogP contribution in [0.4, 0.5) is 5.69 Å². The summed E-state index contributed by atoms with van der Waals surface area (Å²) in [5, 5.41) is 1.04. The molecule has 0 fully saturated rings. The van der Waals surface area contributed by atoms with E-state index in [1.54, 1.807) is 92.7 Å². The Hall–Kier alpha value is -4.15. The number of benzene rings is 3. The Bertz CT molecular complexity index is 1850. The van der Waals surface area contributed by atoms with Crippen molar-refractivity contribution in [1.82, 2.24) is 4.31 Å². The highest BCUT2D eigenvalue weighted by molar-refractivity contribution is 7.89. The predicted octanol–water partition coefficient (Wildman–Crippen LogP) is 7.24. The van der Waals surface area contributed by atoms with Gasteiger partial charge in [-0.15, -0.1) is 0 Å². The van der Waals surface area contributed by atoms with E-state index in [1.807, 2.05) is 0 Å². The minimum atomic E-state index is -3.92. The van der Waals surface area contributed by atoms with Crippen LogP contribution in [0.25, 0.3) is 6.08 Å². The second-order valence-electron chi connectivity index (χ2n) is 9.87. The molecule has 0 saturated carbocycles. The monoisotopic (exact) mass is 650 g/mol. The van der Waals surface area contributed by atoms with Gasteiger partial charge in [0.1, 0.15) is 11.5 Å². The van der Waals surface area contributed by atoms with Gasteiger partial charge in [-0.1, -0.05) is 53.5 Å². The third-order valence-corrected chi connectivity index (χ3v) is 9.23. The van der Waals surface area contributed by atoms with E-state index in [2.05, 4.69) is 0 Å². The zero-order valence-corrected chi connectivity index (χ0v) is 26.2. The van der Waals surface area contributed by atoms with Crippen molar-refractivity contribution in [2.75, 3.05) is 11.5 Å². The van der Waals surface area contributed by atoms with E-state index in [4.69, 9.17) is 32.4 Å². The molecule has 44 heavy (non-hydrogen) atoms. The number of rotatable bonds is 10. The number of furan rings is 1. The van der Waals surface area contributed by atoms with E-state index in [0.29, 0.717) is 27.2 Å². The Morgan fingerprint density at radius 1 is 0.909 bits per heavy atom. The first-order valence-electron chi connectivity index (χ1n) is 13.7. The number of anilines is 1. The molecule has 0 unspecified atom stereocenters. The summed E-state index contributed by atoms with van der Waals surface area (Å²) in [5.41, 5.74) is 1.87. The maximum Gasteiger partial charge on any atom is 0.340 e. The first-order chi connectivity index (χ1) is 21.1. The van der Waals surface area contributed by atoms with Crippen LogP contribution in [0.1, 0.15) is 30.9 Å². The highest BCUT2D eigenvalue weighted by atomic mass is 35.5. The molecule has 226 valence electrons. The molecule has 0 atom stereocenters. The number of hydrogen-bond donors (Lipinski definition) is 0. The van der Waals surface area contributed by atoms with Gasteiger partial charge in [0.25, 0.3) is 5.91 Å². The molecule has 0 aliphatic carbocycles. The molecule has 0 saturated heterocycles. The normalized spacial score (nSPS) is 14.6. The van der Waals surface area contributed by atoms with Crippen molar-refractivity contribution in [3.05, 3.63) is 135 Å². The summed E-state index contributed by atoms with van der Waals surface area (Å²) in [4.78, 5) is 28.2. The maximum atomic E-state index is 13.7. The van der Waals surface area contributed by atoms with Crippen LogP contribution in [0, 0.1) is 0 Å². The smallest absolute Gasteiger partial charge is 0.340 e. The molecule has 11 heteroatoms. The molecule has 3 aromatic carbocycles. The second-order valence-corrected chi connectivity index (χ2v) is 12.7. The number of allylic oxidation sites excluding steroid dienone is 1. The molecular weight excluding hydrogens is 623 g/mol. The molecule has 1 aliphatic rings. The fourth-order valence-electron chi connectivity index (χ4n) is 4.82. The fraction of sp³-hybridized carbons (Fsp3) is 0.152. The van der Waals surface area contributed by atoms with E-state index in [9.17, 15) is 18.0 Å². The molecule has 8 nitrogen and oxygen atoms in total. The number of ether oxygens (including phenoxy) is 1. The number of carbonyl (C=O) groups excluding carboxylic acids is 2. The molecule has 2 heterocycles. The Morgan fingerprint density at radius 3 is 2.18 bits per heavy atom. The summed E-state index contributed by atoms with van der Waals surface area (Å²) in [6, 6.07) is 25.0. The number of esters is 1. The summed E-state index contributed by atoms with van der Waals surface area (Å²) in [7, 11) is -3.92. The molecule has 1 aliphatic heterocycles. The van der Waals surface area contributed by atoms with Crippen molar-refractivity contribution in [3.8, 4) is 0 Å². The Labute approximate surface area is 265 Å². The van der Waals surface area contributed by atoms with Crippen LogP contribution in [-0.4, -0.2) is 31.2 Å². The van der Waals surface area contributed by atoms with Crippen LogP contribution in [-0.2, 0) is 37.4 Å².